The lowest BCUT2D eigenvalue weighted by molar-refractivity contribution is -0.177. The Morgan fingerprint density at radius 1 is 1.30 bits per heavy atom. The van der Waals surface area contributed by atoms with Gasteiger partial charge in [0.25, 0.3) is 0 Å². The molecule has 1 aliphatic rings. The van der Waals surface area contributed by atoms with Crippen molar-refractivity contribution in [3.8, 4) is 0 Å². The number of aliphatic hydroxyl groups is 2. The van der Waals surface area contributed by atoms with E-state index in [0.29, 0.717) is 0 Å². The molecular formula is C15H27NO7. The third-order valence-corrected chi connectivity index (χ3v) is 3.65. The normalized spacial score (nSPS) is 24.7. The lowest BCUT2D eigenvalue weighted by atomic mass is 9.92. The van der Waals surface area contributed by atoms with E-state index in [2.05, 4.69) is 4.74 Å². The van der Waals surface area contributed by atoms with Crippen LogP contribution in [0, 0.1) is 0 Å². The van der Waals surface area contributed by atoms with Gasteiger partial charge < -0.3 is 24.4 Å². The summed E-state index contributed by atoms with van der Waals surface area (Å²) in [6, 6.07) is -0.964. The molecule has 0 aromatic carbocycles. The average Bonchev–Trinajstić information content (AvgIpc) is 2.70. The van der Waals surface area contributed by atoms with E-state index in [1.54, 1.807) is 34.6 Å². The molecule has 0 aromatic heterocycles. The molecule has 1 fully saturated rings. The number of aliphatic hydroxyl groups excluding tert-OH is 1. The van der Waals surface area contributed by atoms with Crippen molar-refractivity contribution in [2.24, 2.45) is 0 Å². The van der Waals surface area contributed by atoms with E-state index in [1.165, 1.54) is 4.90 Å². The molecule has 2 N–H and O–H groups in total. The first-order valence-electron chi connectivity index (χ1n) is 7.39. The Morgan fingerprint density at radius 3 is 2.26 bits per heavy atom. The van der Waals surface area contributed by atoms with Gasteiger partial charge in [-0.05, 0) is 41.5 Å². The van der Waals surface area contributed by atoms with Gasteiger partial charge in [0.05, 0.1) is 19.8 Å². The van der Waals surface area contributed by atoms with Crippen LogP contribution in [-0.2, 0) is 19.0 Å². The van der Waals surface area contributed by atoms with Gasteiger partial charge in [0.2, 0.25) is 0 Å². The highest BCUT2D eigenvalue weighted by Crippen LogP contribution is 2.33. The van der Waals surface area contributed by atoms with Gasteiger partial charge in [-0.2, -0.15) is 0 Å². The lowest BCUT2D eigenvalue weighted by Crippen LogP contribution is -2.60. The first kappa shape index (κ1) is 19.7. The topological polar surface area (TPSA) is 106 Å². The minimum absolute atomic E-state index is 0.0550. The van der Waals surface area contributed by atoms with Crippen molar-refractivity contribution in [1.82, 2.24) is 4.90 Å². The smallest absolute Gasteiger partial charge is 0.412 e. The Labute approximate surface area is 136 Å². The van der Waals surface area contributed by atoms with Crippen LogP contribution < -0.4 is 0 Å². The van der Waals surface area contributed by atoms with Crippen LogP contribution in [0.3, 0.4) is 0 Å². The van der Waals surface area contributed by atoms with Crippen LogP contribution in [0.4, 0.5) is 4.79 Å². The number of methoxy groups -OCH3 is 1. The highest BCUT2D eigenvalue weighted by molar-refractivity contribution is 5.80. The van der Waals surface area contributed by atoms with Gasteiger partial charge in [-0.1, -0.05) is 0 Å². The highest BCUT2D eigenvalue weighted by Gasteiger charge is 2.54. The third kappa shape index (κ3) is 4.13. The summed E-state index contributed by atoms with van der Waals surface area (Å²) in [4.78, 5) is 25.4. The zero-order chi connectivity index (χ0) is 18.2. The number of nitrogens with zero attached hydrogens (tertiary/aromatic N) is 1. The van der Waals surface area contributed by atoms with E-state index in [-0.39, 0.29) is 6.61 Å². The second-order valence-corrected chi connectivity index (χ2v) is 7.26. The fraction of sp³-hybridized carbons (Fsp3) is 0.867. The van der Waals surface area contributed by atoms with E-state index < -0.39 is 41.1 Å². The molecule has 0 aliphatic carbocycles. The van der Waals surface area contributed by atoms with E-state index in [0.717, 1.165) is 14.0 Å². The Hall–Kier alpha value is -1.38. The van der Waals surface area contributed by atoms with Crippen LogP contribution in [0.5, 0.6) is 0 Å². The third-order valence-electron chi connectivity index (χ3n) is 3.65. The maximum Gasteiger partial charge on any atom is 0.412 e. The molecule has 0 spiro atoms. The van der Waals surface area contributed by atoms with Gasteiger partial charge in [0.1, 0.15) is 17.4 Å². The number of amides is 1. The minimum Gasteiger partial charge on any atom is -0.467 e. The van der Waals surface area contributed by atoms with Gasteiger partial charge >= 0.3 is 12.1 Å². The maximum absolute atomic E-state index is 12.5. The predicted octanol–water partition coefficient (Wildman–Crippen LogP) is 0.643. The number of hydrogen-bond acceptors (Lipinski definition) is 7. The molecule has 8 nitrogen and oxygen atoms in total. The first-order valence-corrected chi connectivity index (χ1v) is 7.39. The molecule has 1 heterocycles. The van der Waals surface area contributed by atoms with Crippen molar-refractivity contribution in [3.63, 3.8) is 0 Å². The van der Waals surface area contributed by atoms with Crippen LogP contribution >= 0.6 is 0 Å². The summed E-state index contributed by atoms with van der Waals surface area (Å²) < 4.78 is 15.4. The van der Waals surface area contributed by atoms with Crippen molar-refractivity contribution in [2.75, 3.05) is 13.7 Å². The number of hydrogen-bond donors (Lipinski definition) is 2. The minimum atomic E-state index is -2.19. The molecule has 23 heavy (non-hydrogen) atoms. The van der Waals surface area contributed by atoms with Gasteiger partial charge in [-0.15, -0.1) is 0 Å². The number of carbonyl (C=O) groups excluding carboxylic acids is 2. The molecule has 134 valence electrons. The Bertz CT molecular complexity index is 467. The average molecular weight is 333 g/mol. The molecule has 0 radical (unpaired) electrons. The van der Waals surface area contributed by atoms with Crippen molar-refractivity contribution < 1.29 is 34.0 Å². The maximum atomic E-state index is 12.5. The number of rotatable bonds is 3. The largest absolute Gasteiger partial charge is 0.467 e. The predicted molar refractivity (Wildman–Crippen MR) is 80.5 cm³/mol. The van der Waals surface area contributed by atoms with E-state index in [4.69, 9.17) is 9.47 Å². The Kier molecular flexibility index (Phi) is 5.35. The van der Waals surface area contributed by atoms with Crippen molar-refractivity contribution in [2.45, 2.75) is 70.6 Å². The van der Waals surface area contributed by atoms with Gasteiger partial charge in [-0.25, -0.2) is 9.59 Å². The second-order valence-electron chi connectivity index (χ2n) is 7.26. The molecule has 1 aliphatic heterocycles. The molecular weight excluding hydrogens is 306 g/mol. The molecule has 3 unspecified atom stereocenters. The van der Waals surface area contributed by atoms with E-state index in [9.17, 15) is 19.8 Å². The quantitative estimate of drug-likeness (QED) is 0.730. The summed E-state index contributed by atoms with van der Waals surface area (Å²) in [6.07, 6.45) is -2.31. The second kappa shape index (κ2) is 6.26. The number of ether oxygens (including phenoxy) is 3. The van der Waals surface area contributed by atoms with E-state index in [1.807, 2.05) is 0 Å². The number of carbonyl (C=O) groups is 2. The monoisotopic (exact) mass is 333 g/mol. The SMILES string of the molecule is COC(=O)C(C)(O)C(O)C1COC(C)(C)N1C(=O)OC(C)(C)C. The van der Waals surface area contributed by atoms with Crippen LogP contribution in [0.15, 0.2) is 0 Å². The Morgan fingerprint density at radius 2 is 1.83 bits per heavy atom. The molecule has 1 saturated heterocycles. The fourth-order valence-corrected chi connectivity index (χ4v) is 2.43. The zero-order valence-electron chi connectivity index (χ0n) is 14.7. The highest BCUT2D eigenvalue weighted by atomic mass is 16.6. The van der Waals surface area contributed by atoms with Gasteiger partial charge in [0.15, 0.2) is 5.60 Å². The molecule has 3 atom stereocenters. The summed E-state index contributed by atoms with van der Waals surface area (Å²) in [6.45, 7) is 9.48. The van der Waals surface area contributed by atoms with Gasteiger partial charge in [-0.3, -0.25) is 4.90 Å². The van der Waals surface area contributed by atoms with Crippen LogP contribution in [0.25, 0.3) is 0 Å². The van der Waals surface area contributed by atoms with E-state index >= 15 is 0 Å². The standard InChI is InChI=1S/C15H27NO7/c1-13(2,3)23-12(19)16-9(8-22-14(16,4)5)10(17)15(6,20)11(18)21-7/h9-10,17,20H,8H2,1-7H3. The van der Waals surface area contributed by atoms with Crippen LogP contribution in [0.2, 0.25) is 0 Å². The first-order chi connectivity index (χ1) is 10.2. The summed E-state index contributed by atoms with van der Waals surface area (Å²) >= 11 is 0. The van der Waals surface area contributed by atoms with Crippen LogP contribution in [0.1, 0.15) is 41.5 Å². The summed E-state index contributed by atoms with van der Waals surface area (Å²) in [5.74, 6) is -1.00. The van der Waals surface area contributed by atoms with Crippen LogP contribution in [-0.4, -0.2) is 70.0 Å². The molecule has 0 bridgehead atoms. The summed E-state index contributed by atoms with van der Waals surface area (Å²) in [5, 5.41) is 20.7. The number of esters is 1. The van der Waals surface area contributed by atoms with Crippen molar-refractivity contribution >= 4 is 12.1 Å². The lowest BCUT2D eigenvalue weighted by Gasteiger charge is -2.39. The van der Waals surface area contributed by atoms with Crippen molar-refractivity contribution in [3.05, 3.63) is 0 Å². The van der Waals surface area contributed by atoms with Crippen molar-refractivity contribution in [1.29, 1.82) is 0 Å². The molecule has 0 saturated carbocycles. The Balaban J connectivity index is 3.10. The fourth-order valence-electron chi connectivity index (χ4n) is 2.43. The molecule has 1 amide bonds. The summed E-state index contributed by atoms with van der Waals surface area (Å²) in [5.41, 5.74) is -3.99. The molecule has 0 aromatic rings. The molecule has 1 rings (SSSR count). The van der Waals surface area contributed by atoms with Gasteiger partial charge in [0, 0.05) is 0 Å². The zero-order valence-corrected chi connectivity index (χ0v) is 14.7. The summed E-state index contributed by atoms with van der Waals surface area (Å²) in [7, 11) is 1.10. The molecule has 8 heteroatoms.